The number of hydrogen-bond acceptors (Lipinski definition) is 6. The number of rotatable bonds is 52. The second kappa shape index (κ2) is 50.3. The summed E-state index contributed by atoms with van der Waals surface area (Å²) in [5.74, 6) is 1.75. The first-order chi connectivity index (χ1) is 31.7. The molecular formula is C59H114O6. The van der Waals surface area contributed by atoms with E-state index in [1.54, 1.807) is 0 Å². The van der Waals surface area contributed by atoms with Gasteiger partial charge in [0.2, 0.25) is 0 Å². The van der Waals surface area contributed by atoms with E-state index >= 15 is 0 Å². The minimum atomic E-state index is -0.764. The van der Waals surface area contributed by atoms with Gasteiger partial charge in [-0.15, -0.1) is 0 Å². The molecule has 0 saturated heterocycles. The Balaban J connectivity index is 4.30. The molecule has 0 fully saturated rings. The van der Waals surface area contributed by atoms with E-state index in [4.69, 9.17) is 14.2 Å². The maximum Gasteiger partial charge on any atom is 0.306 e. The molecule has 0 rings (SSSR count). The van der Waals surface area contributed by atoms with Crippen molar-refractivity contribution in [3.8, 4) is 0 Å². The number of carbonyl (C=O) groups is 3. The van der Waals surface area contributed by atoms with Crippen LogP contribution in [0.4, 0.5) is 0 Å². The van der Waals surface area contributed by atoms with Crippen LogP contribution in [0, 0.1) is 17.8 Å². The van der Waals surface area contributed by atoms with Crippen LogP contribution in [-0.2, 0) is 28.6 Å². The fourth-order valence-electron chi connectivity index (χ4n) is 8.93. The van der Waals surface area contributed by atoms with E-state index in [2.05, 4.69) is 41.5 Å². The highest BCUT2D eigenvalue weighted by atomic mass is 16.6. The van der Waals surface area contributed by atoms with Crippen LogP contribution in [0.5, 0.6) is 0 Å². The molecule has 65 heavy (non-hydrogen) atoms. The van der Waals surface area contributed by atoms with Crippen LogP contribution >= 0.6 is 0 Å². The second-order valence-corrected chi connectivity index (χ2v) is 21.2. The Morgan fingerprint density at radius 3 is 0.800 bits per heavy atom. The molecule has 0 radical (unpaired) electrons. The van der Waals surface area contributed by atoms with Gasteiger partial charge in [-0.25, -0.2) is 0 Å². The Labute approximate surface area is 406 Å². The molecule has 0 bridgehead atoms. The highest BCUT2D eigenvalue weighted by Crippen LogP contribution is 2.19. The molecule has 0 aliphatic rings. The van der Waals surface area contributed by atoms with Crippen molar-refractivity contribution in [2.45, 2.75) is 330 Å². The molecule has 0 heterocycles. The zero-order valence-corrected chi connectivity index (χ0v) is 44.8. The lowest BCUT2D eigenvalue weighted by molar-refractivity contribution is -0.167. The van der Waals surface area contributed by atoms with Gasteiger partial charge in [-0.3, -0.25) is 14.4 Å². The molecule has 0 aromatic rings. The van der Waals surface area contributed by atoms with Gasteiger partial charge in [-0.1, -0.05) is 286 Å². The van der Waals surface area contributed by atoms with Crippen LogP contribution in [0.3, 0.4) is 0 Å². The molecule has 6 heteroatoms. The van der Waals surface area contributed by atoms with E-state index in [0.717, 1.165) is 75.5 Å². The molecule has 3 atom stereocenters. The lowest BCUT2D eigenvalue weighted by Crippen LogP contribution is -2.30. The quantitative estimate of drug-likeness (QED) is 0.0344. The Morgan fingerprint density at radius 2 is 0.538 bits per heavy atom. The number of carbonyl (C=O) groups excluding carboxylic acids is 3. The minimum Gasteiger partial charge on any atom is -0.462 e. The summed E-state index contributed by atoms with van der Waals surface area (Å²) in [4.78, 5) is 38.2. The van der Waals surface area contributed by atoms with Gasteiger partial charge in [0.05, 0.1) is 0 Å². The summed E-state index contributed by atoms with van der Waals surface area (Å²) in [5.41, 5.74) is 0. The zero-order valence-electron chi connectivity index (χ0n) is 44.8. The second-order valence-electron chi connectivity index (χ2n) is 21.2. The smallest absolute Gasteiger partial charge is 0.306 e. The third-order valence-electron chi connectivity index (χ3n) is 14.1. The molecule has 0 aromatic heterocycles. The van der Waals surface area contributed by atoms with Crippen LogP contribution in [0.2, 0.25) is 0 Å². The van der Waals surface area contributed by atoms with Gasteiger partial charge in [-0.2, -0.15) is 0 Å². The summed E-state index contributed by atoms with van der Waals surface area (Å²) in [5, 5.41) is 0. The van der Waals surface area contributed by atoms with Crippen molar-refractivity contribution in [1.29, 1.82) is 0 Å². The summed E-state index contributed by atoms with van der Waals surface area (Å²) in [6.45, 7) is 13.8. The average Bonchev–Trinajstić information content (AvgIpc) is 3.29. The van der Waals surface area contributed by atoms with Crippen LogP contribution < -0.4 is 0 Å². The van der Waals surface area contributed by atoms with E-state index in [0.29, 0.717) is 19.3 Å². The maximum absolute atomic E-state index is 12.8. The molecule has 0 amide bonds. The van der Waals surface area contributed by atoms with Gasteiger partial charge in [-0.05, 0) is 37.0 Å². The summed E-state index contributed by atoms with van der Waals surface area (Å²) >= 11 is 0. The molecule has 0 aromatic carbocycles. The summed E-state index contributed by atoms with van der Waals surface area (Å²) < 4.78 is 16.9. The maximum atomic E-state index is 12.8. The number of hydrogen-bond donors (Lipinski definition) is 0. The molecular weight excluding hydrogens is 805 g/mol. The van der Waals surface area contributed by atoms with Gasteiger partial charge in [0.15, 0.2) is 6.10 Å². The number of unbranched alkanes of at least 4 members (excludes halogenated alkanes) is 33. The number of ether oxygens (including phenoxy) is 3. The molecule has 0 aliphatic heterocycles. The largest absolute Gasteiger partial charge is 0.462 e. The van der Waals surface area contributed by atoms with Crippen molar-refractivity contribution >= 4 is 17.9 Å². The Hall–Kier alpha value is -1.59. The summed E-state index contributed by atoms with van der Waals surface area (Å²) in [6.07, 6.45) is 52.2. The summed E-state index contributed by atoms with van der Waals surface area (Å²) in [7, 11) is 0. The van der Waals surface area contributed by atoms with Crippen molar-refractivity contribution in [2.75, 3.05) is 13.2 Å². The summed E-state index contributed by atoms with van der Waals surface area (Å²) in [6, 6.07) is 0. The first kappa shape index (κ1) is 63.4. The molecule has 0 spiro atoms. The molecule has 2 unspecified atom stereocenters. The zero-order chi connectivity index (χ0) is 47.7. The van der Waals surface area contributed by atoms with Crippen LogP contribution in [0.1, 0.15) is 324 Å². The fraction of sp³-hybridized carbons (Fsp3) is 0.949. The molecule has 0 saturated carbocycles. The number of esters is 3. The first-order valence-electron chi connectivity index (χ1n) is 29.2. The average molecular weight is 920 g/mol. The SMILES string of the molecule is CCC(C)CCCCCCCCCCCCCCCCC(=O)OC[C@@H](COC(=O)CCCCCCCCCCCCCCC(C)C)OC(=O)CCCCCCCCCCCCC(C)CC. The van der Waals surface area contributed by atoms with E-state index in [1.807, 2.05) is 0 Å². The monoisotopic (exact) mass is 919 g/mol. The minimum absolute atomic E-state index is 0.0636. The lowest BCUT2D eigenvalue weighted by Gasteiger charge is -2.18. The van der Waals surface area contributed by atoms with Gasteiger partial charge in [0.1, 0.15) is 13.2 Å². The third kappa shape index (κ3) is 50.1. The fourth-order valence-corrected chi connectivity index (χ4v) is 8.93. The Kier molecular flexibility index (Phi) is 49.1. The predicted octanol–water partition coefficient (Wildman–Crippen LogP) is 19.1. The van der Waals surface area contributed by atoms with Crippen molar-refractivity contribution in [1.82, 2.24) is 0 Å². The van der Waals surface area contributed by atoms with Gasteiger partial charge >= 0.3 is 17.9 Å². The standard InChI is InChI=1S/C59H114O6/c1-7-54(5)46-40-34-28-22-16-11-9-10-12-17-24-30-36-42-48-57(60)63-51-56(65-59(62)50-44-38-32-26-20-19-23-29-35-41-47-55(6)8-2)52-64-58(61)49-43-37-31-25-18-14-13-15-21-27-33-39-45-53(3)4/h53-56H,7-52H2,1-6H3/t54?,55?,56-/m0/s1. The Morgan fingerprint density at radius 1 is 0.308 bits per heavy atom. The van der Waals surface area contributed by atoms with Crippen molar-refractivity contribution in [3.63, 3.8) is 0 Å². The van der Waals surface area contributed by atoms with E-state index < -0.39 is 6.10 Å². The predicted molar refractivity (Wildman–Crippen MR) is 279 cm³/mol. The van der Waals surface area contributed by atoms with Crippen molar-refractivity contribution < 1.29 is 28.6 Å². The highest BCUT2D eigenvalue weighted by Gasteiger charge is 2.19. The first-order valence-corrected chi connectivity index (χ1v) is 29.2. The molecule has 0 aliphatic carbocycles. The Bertz CT molecular complexity index is 1010. The highest BCUT2D eigenvalue weighted by molar-refractivity contribution is 5.71. The lowest BCUT2D eigenvalue weighted by atomic mass is 9.99. The molecule has 0 N–H and O–H groups in total. The van der Waals surface area contributed by atoms with Crippen LogP contribution in [-0.4, -0.2) is 37.2 Å². The third-order valence-corrected chi connectivity index (χ3v) is 14.1. The van der Waals surface area contributed by atoms with Gasteiger partial charge in [0.25, 0.3) is 0 Å². The van der Waals surface area contributed by atoms with Gasteiger partial charge < -0.3 is 14.2 Å². The molecule has 6 nitrogen and oxygen atoms in total. The van der Waals surface area contributed by atoms with E-state index in [-0.39, 0.29) is 31.1 Å². The normalized spacial score (nSPS) is 13.0. The van der Waals surface area contributed by atoms with Crippen LogP contribution in [0.15, 0.2) is 0 Å². The molecule has 386 valence electrons. The van der Waals surface area contributed by atoms with Gasteiger partial charge in [0, 0.05) is 19.3 Å². The van der Waals surface area contributed by atoms with Crippen LogP contribution in [0.25, 0.3) is 0 Å². The van der Waals surface area contributed by atoms with Crippen molar-refractivity contribution in [2.24, 2.45) is 17.8 Å². The van der Waals surface area contributed by atoms with E-state index in [1.165, 1.54) is 205 Å². The van der Waals surface area contributed by atoms with Crippen molar-refractivity contribution in [3.05, 3.63) is 0 Å². The topological polar surface area (TPSA) is 78.9 Å². The van der Waals surface area contributed by atoms with E-state index in [9.17, 15) is 14.4 Å².